The number of carbonyl (C=O) groups excluding carboxylic acids is 1. The number of carbonyl (C=O) groups is 1. The van der Waals surface area contributed by atoms with Crippen LogP contribution in [0.25, 0.3) is 0 Å². The lowest BCUT2D eigenvalue weighted by atomic mass is 10.2. The van der Waals surface area contributed by atoms with Crippen LogP contribution in [-0.2, 0) is 0 Å². The van der Waals surface area contributed by atoms with E-state index in [1.807, 2.05) is 0 Å². The Kier molecular flexibility index (Phi) is 3.19. The molecule has 4 nitrogen and oxygen atoms in total. The first kappa shape index (κ1) is 11.7. The van der Waals surface area contributed by atoms with Crippen molar-refractivity contribution in [3.05, 3.63) is 46.2 Å². The summed E-state index contributed by atoms with van der Waals surface area (Å²) < 4.78 is 0.814. The first-order valence-electron chi connectivity index (χ1n) is 5.01. The predicted octanol–water partition coefficient (Wildman–Crippen LogP) is 3.04. The van der Waals surface area contributed by atoms with Gasteiger partial charge in [-0.25, -0.2) is 0 Å². The minimum Gasteiger partial charge on any atom is -0.508 e. The quantitative estimate of drug-likeness (QED) is 0.797. The summed E-state index contributed by atoms with van der Waals surface area (Å²) in [6.45, 7) is 1.79. The maximum absolute atomic E-state index is 11.8. The average Bonchev–Trinajstić information content (AvgIpc) is 2.70. The number of aryl methyl sites for hydroxylation is 1. The SMILES string of the molecule is Cc1ccc(NC(=O)c2cc(Br)c[nH]2)cc1O. The third-order valence-electron chi connectivity index (χ3n) is 2.36. The number of hydrogen-bond acceptors (Lipinski definition) is 2. The van der Waals surface area contributed by atoms with Gasteiger partial charge in [-0.15, -0.1) is 0 Å². The number of aromatic amines is 1. The summed E-state index contributed by atoms with van der Waals surface area (Å²) in [6.07, 6.45) is 1.68. The molecule has 88 valence electrons. The normalized spacial score (nSPS) is 10.2. The Hall–Kier alpha value is -1.75. The van der Waals surface area contributed by atoms with Gasteiger partial charge in [-0.2, -0.15) is 0 Å². The fraction of sp³-hybridized carbons (Fsp3) is 0.0833. The van der Waals surface area contributed by atoms with Crippen LogP contribution in [0.15, 0.2) is 34.9 Å². The number of aromatic nitrogens is 1. The topological polar surface area (TPSA) is 65.1 Å². The van der Waals surface area contributed by atoms with Gasteiger partial charge in [-0.3, -0.25) is 4.79 Å². The second-order valence-corrected chi connectivity index (χ2v) is 4.60. The Balaban J connectivity index is 2.15. The number of phenolic OH excluding ortho intramolecular Hbond substituents is 1. The molecule has 3 N–H and O–H groups in total. The average molecular weight is 295 g/mol. The molecule has 0 fully saturated rings. The van der Waals surface area contributed by atoms with Crippen LogP contribution < -0.4 is 5.32 Å². The van der Waals surface area contributed by atoms with E-state index in [1.54, 1.807) is 31.3 Å². The molecule has 0 saturated carbocycles. The Bertz CT molecular complexity index is 563. The summed E-state index contributed by atoms with van der Waals surface area (Å²) in [6, 6.07) is 6.69. The highest BCUT2D eigenvalue weighted by molar-refractivity contribution is 9.10. The summed E-state index contributed by atoms with van der Waals surface area (Å²) >= 11 is 3.26. The number of H-pyrrole nitrogens is 1. The van der Waals surface area contributed by atoms with Gasteiger partial charge in [-0.05, 0) is 40.5 Å². The molecule has 1 heterocycles. The van der Waals surface area contributed by atoms with Crippen molar-refractivity contribution in [1.82, 2.24) is 4.98 Å². The summed E-state index contributed by atoms with van der Waals surface area (Å²) in [5, 5.41) is 12.2. The molecule has 5 heteroatoms. The van der Waals surface area contributed by atoms with Crippen LogP contribution >= 0.6 is 15.9 Å². The molecule has 2 aromatic rings. The van der Waals surface area contributed by atoms with Crippen molar-refractivity contribution in [1.29, 1.82) is 0 Å². The number of amides is 1. The molecule has 0 aliphatic rings. The van der Waals surface area contributed by atoms with Crippen LogP contribution in [0.4, 0.5) is 5.69 Å². The van der Waals surface area contributed by atoms with Crippen LogP contribution in [-0.4, -0.2) is 16.0 Å². The molecule has 2 rings (SSSR count). The standard InChI is InChI=1S/C12H11BrN2O2/c1-7-2-3-9(5-11(7)16)15-12(17)10-4-8(13)6-14-10/h2-6,14,16H,1H3,(H,15,17). The zero-order valence-electron chi connectivity index (χ0n) is 9.12. The first-order valence-corrected chi connectivity index (χ1v) is 5.80. The fourth-order valence-electron chi connectivity index (χ4n) is 1.38. The van der Waals surface area contributed by atoms with Gasteiger partial charge in [0.2, 0.25) is 0 Å². The van der Waals surface area contributed by atoms with Gasteiger partial charge in [0.1, 0.15) is 11.4 Å². The smallest absolute Gasteiger partial charge is 0.272 e. The number of aromatic hydroxyl groups is 1. The third kappa shape index (κ3) is 2.68. The molecule has 0 unspecified atom stereocenters. The van der Waals surface area contributed by atoms with Crippen LogP contribution in [0.5, 0.6) is 5.75 Å². The van der Waals surface area contributed by atoms with Crippen molar-refractivity contribution in [3.8, 4) is 5.75 Å². The lowest BCUT2D eigenvalue weighted by Gasteiger charge is -2.05. The van der Waals surface area contributed by atoms with Crippen molar-refractivity contribution < 1.29 is 9.90 Å². The Morgan fingerprint density at radius 2 is 2.18 bits per heavy atom. The maximum Gasteiger partial charge on any atom is 0.272 e. The molecule has 0 radical (unpaired) electrons. The lowest BCUT2D eigenvalue weighted by Crippen LogP contribution is -2.12. The van der Waals surface area contributed by atoms with Crippen molar-refractivity contribution in [2.75, 3.05) is 5.32 Å². The van der Waals surface area contributed by atoms with Crippen molar-refractivity contribution in [2.24, 2.45) is 0 Å². The molecular weight excluding hydrogens is 284 g/mol. The van der Waals surface area contributed by atoms with E-state index in [9.17, 15) is 9.90 Å². The van der Waals surface area contributed by atoms with Crippen LogP contribution in [0.3, 0.4) is 0 Å². The Morgan fingerprint density at radius 1 is 1.41 bits per heavy atom. The molecular formula is C12H11BrN2O2. The minimum atomic E-state index is -0.251. The van der Waals surface area contributed by atoms with Gasteiger partial charge in [0, 0.05) is 22.4 Å². The molecule has 1 amide bonds. The van der Waals surface area contributed by atoms with E-state index in [0.29, 0.717) is 11.4 Å². The highest BCUT2D eigenvalue weighted by Gasteiger charge is 2.08. The van der Waals surface area contributed by atoms with Crippen LogP contribution in [0.1, 0.15) is 16.1 Å². The molecule has 0 bridgehead atoms. The van der Waals surface area contributed by atoms with E-state index in [1.165, 1.54) is 6.07 Å². The van der Waals surface area contributed by atoms with E-state index >= 15 is 0 Å². The van der Waals surface area contributed by atoms with E-state index in [0.717, 1.165) is 10.0 Å². The summed E-state index contributed by atoms with van der Waals surface area (Å²) in [7, 11) is 0. The molecule has 0 aliphatic heterocycles. The predicted molar refractivity (Wildman–Crippen MR) is 69.3 cm³/mol. The molecule has 1 aromatic heterocycles. The Morgan fingerprint density at radius 3 is 2.76 bits per heavy atom. The van der Waals surface area contributed by atoms with Crippen molar-refractivity contribution >= 4 is 27.5 Å². The zero-order chi connectivity index (χ0) is 12.4. The molecule has 0 aliphatic carbocycles. The summed E-state index contributed by atoms with van der Waals surface area (Å²) in [5.41, 5.74) is 1.78. The number of nitrogens with one attached hydrogen (secondary N) is 2. The number of phenols is 1. The van der Waals surface area contributed by atoms with Gasteiger partial charge in [0.25, 0.3) is 5.91 Å². The second-order valence-electron chi connectivity index (χ2n) is 3.69. The monoisotopic (exact) mass is 294 g/mol. The molecule has 0 spiro atoms. The number of anilines is 1. The first-order chi connectivity index (χ1) is 8.06. The summed E-state index contributed by atoms with van der Waals surface area (Å²) in [5.74, 6) is -0.0885. The maximum atomic E-state index is 11.8. The second kappa shape index (κ2) is 4.63. The van der Waals surface area contributed by atoms with E-state index in [2.05, 4.69) is 26.2 Å². The van der Waals surface area contributed by atoms with E-state index in [-0.39, 0.29) is 11.7 Å². The van der Waals surface area contributed by atoms with Crippen LogP contribution in [0.2, 0.25) is 0 Å². The zero-order valence-corrected chi connectivity index (χ0v) is 10.7. The van der Waals surface area contributed by atoms with Crippen molar-refractivity contribution in [3.63, 3.8) is 0 Å². The van der Waals surface area contributed by atoms with Gasteiger partial charge in [0.15, 0.2) is 0 Å². The number of benzene rings is 1. The third-order valence-corrected chi connectivity index (χ3v) is 2.82. The lowest BCUT2D eigenvalue weighted by molar-refractivity contribution is 0.102. The van der Waals surface area contributed by atoms with Gasteiger partial charge in [0.05, 0.1) is 0 Å². The largest absolute Gasteiger partial charge is 0.508 e. The van der Waals surface area contributed by atoms with Crippen molar-refractivity contribution in [2.45, 2.75) is 6.92 Å². The van der Waals surface area contributed by atoms with Gasteiger partial charge >= 0.3 is 0 Å². The molecule has 0 atom stereocenters. The fourth-order valence-corrected chi connectivity index (χ4v) is 1.73. The van der Waals surface area contributed by atoms with Gasteiger partial charge in [-0.1, -0.05) is 6.07 Å². The molecule has 1 aromatic carbocycles. The van der Waals surface area contributed by atoms with Gasteiger partial charge < -0.3 is 15.4 Å². The van der Waals surface area contributed by atoms with E-state index in [4.69, 9.17) is 0 Å². The molecule has 0 saturated heterocycles. The number of rotatable bonds is 2. The number of halogens is 1. The minimum absolute atomic E-state index is 0.162. The molecule has 17 heavy (non-hydrogen) atoms. The summed E-state index contributed by atoms with van der Waals surface area (Å²) in [4.78, 5) is 14.6. The highest BCUT2D eigenvalue weighted by atomic mass is 79.9. The highest BCUT2D eigenvalue weighted by Crippen LogP contribution is 2.21. The van der Waals surface area contributed by atoms with E-state index < -0.39 is 0 Å². The Labute approximate surface area is 107 Å². The van der Waals surface area contributed by atoms with Crippen LogP contribution in [0, 0.1) is 6.92 Å². The number of hydrogen-bond donors (Lipinski definition) is 3.